The van der Waals surface area contributed by atoms with Gasteiger partial charge in [-0.1, -0.05) is 109 Å². The van der Waals surface area contributed by atoms with Crippen molar-refractivity contribution in [3.05, 3.63) is 339 Å². The van der Waals surface area contributed by atoms with Crippen molar-refractivity contribution < 1.29 is 38.3 Å². The molecular formula is C101H83ClFN19O7. The minimum atomic E-state index is -0.399. The second-order valence-electron chi connectivity index (χ2n) is 29.8. The lowest BCUT2D eigenvalue weighted by Crippen LogP contribution is -2.24. The number of aromatic nitrogens is 6. The molecule has 28 heteroatoms. The summed E-state index contributed by atoms with van der Waals surface area (Å²) in [7, 11) is 0. The molecule has 6 aliphatic rings. The molecule has 0 fully saturated rings. The summed E-state index contributed by atoms with van der Waals surface area (Å²) < 4.78 is 13.2. The van der Waals surface area contributed by atoms with E-state index in [1.54, 1.807) is 86.8 Å². The summed E-state index contributed by atoms with van der Waals surface area (Å²) in [6.45, 7) is 6.64. The molecular weight excluding hydrogens is 1650 g/mol. The van der Waals surface area contributed by atoms with Gasteiger partial charge in [0.2, 0.25) is 0 Å². The van der Waals surface area contributed by atoms with Gasteiger partial charge >= 0.3 is 0 Å². The summed E-state index contributed by atoms with van der Waals surface area (Å²) in [6.07, 6.45) is 19.7. The van der Waals surface area contributed by atoms with Crippen LogP contribution in [0.25, 0.3) is 77.9 Å². The van der Waals surface area contributed by atoms with Crippen LogP contribution < -0.4 is 34.4 Å². The summed E-state index contributed by atoms with van der Waals surface area (Å²) in [5, 5.41) is 19.4. The molecule has 26 nitrogen and oxygen atoms in total. The number of hydrogen-bond donors (Lipinski definition) is 7. The molecule has 19 rings (SSSR count). The first kappa shape index (κ1) is 89.6. The Kier molecular flexibility index (Phi) is 28.8. The Balaban J connectivity index is 0.000000126. The summed E-state index contributed by atoms with van der Waals surface area (Å²) in [5.74, 6) is 5.64. The van der Waals surface area contributed by atoms with Gasteiger partial charge in [0.05, 0.1) is 63.3 Å². The lowest BCUT2D eigenvalue weighted by atomic mass is 9.92. The first-order chi connectivity index (χ1) is 62.7. The Bertz CT molecular complexity index is 6480. The molecule has 0 aliphatic carbocycles. The Hall–Kier alpha value is -15.7. The first-order valence-corrected chi connectivity index (χ1v) is 41.1. The third-order valence-electron chi connectivity index (χ3n) is 21.5. The fraction of sp³-hybridized carbons (Fsp3) is 0.139. The van der Waals surface area contributed by atoms with Crippen LogP contribution in [0.2, 0.25) is 5.02 Å². The Morgan fingerprint density at radius 3 is 0.969 bits per heavy atom. The normalized spacial score (nSPS) is 13.5. The SMILES string of the molecule is CC#Cc1cncc(-c2ccc3c(c2)C(CN)=NCC3=O)c1.Cc1cncc(-c2ccc3c(c2)C(CN)=NCC3=O)c1.N#Cc1ccccc1-c1cncc(-c2ccc3c(c2)C(CN)=NCC3=O)c1.NCC1=NCC(=O)c2ccc(-c3cncc(Cl)c3)cc21.NCC1=NCC(=O)c2ccc(-c3cncc(F)c3)cc21.NCC1=NCC(=O)c2ccc(-c3cncc(O)c3)cc21. The molecule has 0 spiro atoms. The molecule has 6 aromatic heterocycles. The van der Waals surface area contributed by atoms with E-state index in [1.165, 1.54) is 12.3 Å². The van der Waals surface area contributed by atoms with Gasteiger partial charge < -0.3 is 39.5 Å². The van der Waals surface area contributed by atoms with E-state index >= 15 is 0 Å². The number of rotatable bonds is 13. The number of nitrogens with zero attached hydrogens (tertiary/aromatic N) is 13. The number of halogens is 2. The van der Waals surface area contributed by atoms with Crippen molar-refractivity contribution in [2.45, 2.75) is 13.8 Å². The second kappa shape index (κ2) is 41.4. The molecule has 13 N–H and O–H groups in total. The van der Waals surface area contributed by atoms with Gasteiger partial charge in [0.1, 0.15) is 50.8 Å². The van der Waals surface area contributed by atoms with E-state index in [-0.39, 0.29) is 92.8 Å². The van der Waals surface area contributed by atoms with Gasteiger partial charge in [0.15, 0.2) is 34.7 Å². The van der Waals surface area contributed by atoms with Crippen molar-refractivity contribution in [1.82, 2.24) is 29.9 Å². The number of nitriles is 1. The van der Waals surface area contributed by atoms with Crippen molar-refractivity contribution in [3.63, 3.8) is 0 Å². The van der Waals surface area contributed by atoms with Crippen molar-refractivity contribution >= 4 is 80.6 Å². The lowest BCUT2D eigenvalue weighted by Gasteiger charge is -2.16. The molecule has 12 heterocycles. The van der Waals surface area contributed by atoms with E-state index in [4.69, 9.17) is 46.0 Å². The molecule has 13 aromatic rings. The number of aliphatic imine (C=N–C) groups is 6. The number of carbonyl (C=O) groups is 6. The number of fused-ring (bicyclic) bond motifs is 6. The van der Waals surface area contributed by atoms with Crippen LogP contribution in [-0.2, 0) is 0 Å². The first-order valence-electron chi connectivity index (χ1n) is 40.8. The average Bonchev–Trinajstić information content (AvgIpc) is 0.786. The molecule has 0 bridgehead atoms. The standard InChI is InChI=1S/C22H16N4O.C18H15N3O.C16H15N3O.C15H12ClN3O.C15H12FN3O.C15H13N3O2/c23-9-15-3-1-2-4-18(15)17-7-16(11-25-12-17)14-5-6-19-20(8-14)21(10-24)26-13-22(19)27;1-2-3-12-6-14(10-20-9-12)13-4-5-15-16(7-13)17(8-19)21-11-18(15)22;1-10-4-12(8-18-7-10)11-2-3-13-14(5-11)15(6-17)19-9-16(13)20;2*16-11-3-10(6-18-7-11)9-1-2-12-13(4-9)14(5-17)19-8-15(12)20;16-5-14-13-4-9(10-3-11(19)7-17-6-10)1-2-12(13)15(20)8-18-14/h1-8,11-12H,10,13,24H2;4-7,9-10H,8,11,19H2,1H3;2-5,7-8H,6,9,17H2,1H3;2*1-4,6-7H,5,8,17H2;1-4,6-7,19H,5,8,16H2. The number of aromatic hydroxyl groups is 1. The number of nitrogens with two attached hydrogens (primary N) is 6. The highest BCUT2D eigenvalue weighted by molar-refractivity contribution is 6.30. The maximum atomic E-state index is 13.2. The number of ketones is 6. The highest BCUT2D eigenvalue weighted by Gasteiger charge is 2.27. The molecule has 0 saturated carbocycles. The molecule has 6 aliphatic heterocycles. The van der Waals surface area contributed by atoms with Gasteiger partial charge in [-0.15, -0.1) is 5.92 Å². The van der Waals surface area contributed by atoms with E-state index < -0.39 is 5.82 Å². The number of aryl methyl sites for hydroxylation is 1. The minimum Gasteiger partial charge on any atom is -0.506 e. The van der Waals surface area contributed by atoms with Crippen LogP contribution in [0.15, 0.2) is 274 Å². The quantitative estimate of drug-likeness (QED) is 0.0527. The molecule has 638 valence electrons. The van der Waals surface area contributed by atoms with Gasteiger partial charge in [-0.3, -0.25) is 88.6 Å². The van der Waals surface area contributed by atoms with E-state index in [0.717, 1.165) is 152 Å². The number of benzene rings is 7. The zero-order valence-corrected chi connectivity index (χ0v) is 70.8. The van der Waals surface area contributed by atoms with Crippen LogP contribution in [0.1, 0.15) is 119 Å². The van der Waals surface area contributed by atoms with Gasteiger partial charge in [-0.25, -0.2) is 4.39 Å². The molecule has 0 radical (unpaired) electrons. The Labute approximate surface area is 746 Å². The Morgan fingerprint density at radius 1 is 0.326 bits per heavy atom. The lowest BCUT2D eigenvalue weighted by molar-refractivity contribution is 0.0992. The topological polar surface area (TPSA) is 454 Å². The zero-order valence-electron chi connectivity index (χ0n) is 70.0. The second-order valence-corrected chi connectivity index (χ2v) is 30.3. The van der Waals surface area contributed by atoms with Crippen molar-refractivity contribution in [3.8, 4) is 102 Å². The van der Waals surface area contributed by atoms with Gasteiger partial charge in [0, 0.05) is 218 Å². The maximum absolute atomic E-state index is 13.2. The minimum absolute atomic E-state index is 0.00205. The van der Waals surface area contributed by atoms with E-state index in [2.05, 4.69) is 83.8 Å². The highest BCUT2D eigenvalue weighted by atomic mass is 35.5. The number of hydrogen-bond acceptors (Lipinski definition) is 26. The molecule has 129 heavy (non-hydrogen) atoms. The van der Waals surface area contributed by atoms with Gasteiger partial charge in [0.25, 0.3) is 0 Å². The molecule has 0 saturated heterocycles. The van der Waals surface area contributed by atoms with Crippen LogP contribution >= 0.6 is 11.6 Å². The maximum Gasteiger partial charge on any atom is 0.184 e. The largest absolute Gasteiger partial charge is 0.506 e. The highest BCUT2D eigenvalue weighted by Crippen LogP contribution is 2.35. The third kappa shape index (κ3) is 20.8. The average molecular weight is 1730 g/mol. The fourth-order valence-electron chi connectivity index (χ4n) is 15.1. The number of Topliss-reactive ketones (excluding diaryl/α,β-unsaturated/α-hetero) is 6. The van der Waals surface area contributed by atoms with E-state index in [9.17, 15) is 43.5 Å². The van der Waals surface area contributed by atoms with Crippen molar-refractivity contribution in [1.29, 1.82) is 5.26 Å². The molecule has 7 aromatic carbocycles. The van der Waals surface area contributed by atoms with Crippen LogP contribution in [0.3, 0.4) is 0 Å². The van der Waals surface area contributed by atoms with Crippen LogP contribution in [0.5, 0.6) is 5.75 Å². The monoisotopic (exact) mass is 1730 g/mol. The van der Waals surface area contributed by atoms with Crippen molar-refractivity contribution in [2.24, 2.45) is 64.4 Å². The van der Waals surface area contributed by atoms with Crippen LogP contribution in [-0.4, -0.2) is 183 Å². The number of carbonyl (C=O) groups excluding carboxylic acids is 6. The van der Waals surface area contributed by atoms with Gasteiger partial charge in [-0.05, 0) is 132 Å². The zero-order chi connectivity index (χ0) is 90.8. The predicted molar refractivity (Wildman–Crippen MR) is 501 cm³/mol. The smallest absolute Gasteiger partial charge is 0.184 e. The predicted octanol–water partition coefficient (Wildman–Crippen LogP) is 12.9. The van der Waals surface area contributed by atoms with Crippen LogP contribution in [0.4, 0.5) is 4.39 Å². The van der Waals surface area contributed by atoms with Gasteiger partial charge in [-0.2, -0.15) is 5.26 Å². The van der Waals surface area contributed by atoms with E-state index in [1.807, 2.05) is 147 Å². The molecule has 0 atom stereocenters. The van der Waals surface area contributed by atoms with Crippen LogP contribution in [0, 0.1) is 35.9 Å². The summed E-state index contributed by atoms with van der Waals surface area (Å²) >= 11 is 5.96. The summed E-state index contributed by atoms with van der Waals surface area (Å²) in [5.41, 5.74) is 62.6. The summed E-state index contributed by atoms with van der Waals surface area (Å²) in [6, 6.07) is 54.2. The molecule has 0 amide bonds. The summed E-state index contributed by atoms with van der Waals surface area (Å²) in [4.78, 5) is 122. The van der Waals surface area contributed by atoms with Crippen molar-refractivity contribution in [2.75, 3.05) is 78.5 Å². The Morgan fingerprint density at radius 2 is 0.628 bits per heavy atom. The number of pyridine rings is 6. The van der Waals surface area contributed by atoms with E-state index in [0.29, 0.717) is 81.4 Å². The fourth-order valence-corrected chi connectivity index (χ4v) is 15.3. The third-order valence-corrected chi connectivity index (χ3v) is 21.7. The molecule has 0 unspecified atom stereocenters.